The van der Waals surface area contributed by atoms with Crippen LogP contribution in [0.2, 0.25) is 5.02 Å². The van der Waals surface area contributed by atoms with Crippen LogP contribution < -0.4 is 5.32 Å². The van der Waals surface area contributed by atoms with E-state index in [9.17, 15) is 23.3 Å². The van der Waals surface area contributed by atoms with Crippen molar-refractivity contribution < 1.29 is 18.1 Å². The number of sulfone groups is 1. The molecule has 1 aliphatic rings. The maximum absolute atomic E-state index is 12.1. The summed E-state index contributed by atoms with van der Waals surface area (Å²) in [6.45, 7) is -0.0914. The lowest BCUT2D eigenvalue weighted by molar-refractivity contribution is -0.384. The third kappa shape index (κ3) is 4.32. The van der Waals surface area contributed by atoms with Crippen molar-refractivity contribution >= 4 is 38.7 Å². The van der Waals surface area contributed by atoms with Crippen LogP contribution >= 0.6 is 11.6 Å². The van der Waals surface area contributed by atoms with E-state index in [1.54, 1.807) is 7.05 Å². The molecule has 126 valence electrons. The van der Waals surface area contributed by atoms with Crippen LogP contribution in [-0.4, -0.2) is 55.3 Å². The molecule has 0 bridgehead atoms. The summed E-state index contributed by atoms with van der Waals surface area (Å²) < 4.78 is 22.9. The molecule has 0 radical (unpaired) electrons. The van der Waals surface area contributed by atoms with E-state index >= 15 is 0 Å². The lowest BCUT2D eigenvalue weighted by Crippen LogP contribution is -2.40. The van der Waals surface area contributed by atoms with Crippen molar-refractivity contribution in [2.24, 2.45) is 0 Å². The quantitative estimate of drug-likeness (QED) is 0.625. The Hall–Kier alpha value is -1.87. The second kappa shape index (κ2) is 6.71. The van der Waals surface area contributed by atoms with Crippen molar-refractivity contribution in [3.05, 3.63) is 33.3 Å². The highest BCUT2D eigenvalue weighted by atomic mass is 35.5. The Morgan fingerprint density at radius 2 is 2.22 bits per heavy atom. The monoisotopic (exact) mass is 361 g/mol. The van der Waals surface area contributed by atoms with E-state index in [0.29, 0.717) is 12.1 Å². The first-order chi connectivity index (χ1) is 10.7. The average Bonchev–Trinajstić information content (AvgIpc) is 2.85. The van der Waals surface area contributed by atoms with Crippen molar-refractivity contribution in [3.63, 3.8) is 0 Å². The van der Waals surface area contributed by atoms with Gasteiger partial charge in [-0.3, -0.25) is 14.9 Å². The molecule has 1 unspecified atom stereocenters. The van der Waals surface area contributed by atoms with Gasteiger partial charge >= 0.3 is 0 Å². The number of hydrogen-bond donors (Lipinski definition) is 1. The van der Waals surface area contributed by atoms with Crippen LogP contribution in [0.25, 0.3) is 0 Å². The molecule has 1 N–H and O–H groups in total. The Labute approximate surface area is 138 Å². The van der Waals surface area contributed by atoms with Crippen LogP contribution in [0.3, 0.4) is 0 Å². The molecule has 1 aliphatic heterocycles. The number of carbonyl (C=O) groups is 1. The van der Waals surface area contributed by atoms with Crippen LogP contribution in [0.1, 0.15) is 6.42 Å². The molecule has 0 spiro atoms. The third-order valence-corrected chi connectivity index (χ3v) is 5.81. The third-order valence-electron chi connectivity index (χ3n) is 3.74. The summed E-state index contributed by atoms with van der Waals surface area (Å²) >= 11 is 5.72. The number of nitrogens with one attached hydrogen (secondary N) is 1. The number of hydrogen-bond acceptors (Lipinski definition) is 6. The summed E-state index contributed by atoms with van der Waals surface area (Å²) in [6.07, 6.45) is 0.428. The normalized spacial score (nSPS) is 19.3. The minimum atomic E-state index is -3.06. The molecule has 0 saturated carbocycles. The van der Waals surface area contributed by atoms with Crippen LogP contribution in [0.5, 0.6) is 0 Å². The summed E-state index contributed by atoms with van der Waals surface area (Å²) in [7, 11) is -1.51. The number of rotatable bonds is 5. The zero-order valence-corrected chi connectivity index (χ0v) is 13.9. The van der Waals surface area contributed by atoms with Crippen LogP contribution in [0, 0.1) is 10.1 Å². The van der Waals surface area contributed by atoms with Crippen molar-refractivity contribution in [1.29, 1.82) is 0 Å². The number of benzene rings is 1. The summed E-state index contributed by atoms with van der Waals surface area (Å²) in [5.41, 5.74) is 0.140. The van der Waals surface area contributed by atoms with Crippen LogP contribution in [0.4, 0.5) is 11.4 Å². The molecule has 1 aromatic carbocycles. The van der Waals surface area contributed by atoms with Crippen molar-refractivity contribution in [3.8, 4) is 0 Å². The molecule has 1 saturated heterocycles. The Balaban J connectivity index is 1.97. The van der Waals surface area contributed by atoms with E-state index in [2.05, 4.69) is 5.32 Å². The zero-order chi connectivity index (χ0) is 17.2. The Morgan fingerprint density at radius 3 is 2.78 bits per heavy atom. The van der Waals surface area contributed by atoms with Gasteiger partial charge in [-0.05, 0) is 18.6 Å². The maximum atomic E-state index is 12.1. The number of anilines is 1. The molecule has 1 fully saturated rings. The molecule has 1 aromatic rings. The van der Waals surface area contributed by atoms with Gasteiger partial charge in [-0.25, -0.2) is 8.42 Å². The van der Waals surface area contributed by atoms with Gasteiger partial charge in [0.15, 0.2) is 9.84 Å². The predicted molar refractivity (Wildman–Crippen MR) is 86.4 cm³/mol. The van der Waals surface area contributed by atoms with Crippen LogP contribution in [-0.2, 0) is 14.6 Å². The number of halogens is 1. The van der Waals surface area contributed by atoms with Gasteiger partial charge < -0.3 is 10.2 Å². The molecule has 0 aromatic heterocycles. The molecule has 1 heterocycles. The zero-order valence-electron chi connectivity index (χ0n) is 12.4. The van der Waals surface area contributed by atoms with Crippen molar-refractivity contribution in [2.45, 2.75) is 12.5 Å². The Morgan fingerprint density at radius 1 is 1.52 bits per heavy atom. The molecule has 10 heteroatoms. The molecule has 0 aliphatic carbocycles. The molecule has 1 amide bonds. The number of nitro benzene ring substituents is 1. The minimum absolute atomic E-state index is 0.0140. The fourth-order valence-corrected chi connectivity index (χ4v) is 4.31. The molecule has 2 rings (SSSR count). The summed E-state index contributed by atoms with van der Waals surface area (Å²) in [4.78, 5) is 23.7. The van der Waals surface area contributed by atoms with Crippen molar-refractivity contribution in [1.82, 2.24) is 4.90 Å². The second-order valence-electron chi connectivity index (χ2n) is 5.34. The fraction of sp³-hybridized carbons (Fsp3) is 0.462. The van der Waals surface area contributed by atoms with Gasteiger partial charge in [0.2, 0.25) is 5.91 Å². The van der Waals surface area contributed by atoms with E-state index in [1.165, 1.54) is 23.1 Å². The molecular formula is C13H16ClN3O5S. The van der Waals surface area contributed by atoms with E-state index in [-0.39, 0.29) is 40.7 Å². The summed E-state index contributed by atoms with van der Waals surface area (Å²) in [5, 5.41) is 13.6. The lowest BCUT2D eigenvalue weighted by Gasteiger charge is -2.23. The van der Waals surface area contributed by atoms with Gasteiger partial charge in [0.05, 0.1) is 23.0 Å². The number of carbonyl (C=O) groups excluding carboxylic acids is 1. The average molecular weight is 362 g/mol. The molecule has 23 heavy (non-hydrogen) atoms. The number of nitrogens with zero attached hydrogens (tertiary/aromatic N) is 2. The molecule has 8 nitrogen and oxygen atoms in total. The van der Waals surface area contributed by atoms with E-state index in [0.717, 1.165) is 0 Å². The lowest BCUT2D eigenvalue weighted by atomic mass is 10.2. The highest BCUT2D eigenvalue weighted by Gasteiger charge is 2.32. The maximum Gasteiger partial charge on any atom is 0.289 e. The predicted octanol–water partition coefficient (Wildman–Crippen LogP) is 1.31. The fourth-order valence-electron chi connectivity index (χ4n) is 2.35. The number of likely N-dealkylation sites (N-methyl/N-ethyl adjacent to an activating group) is 1. The highest BCUT2D eigenvalue weighted by molar-refractivity contribution is 7.91. The Bertz CT molecular complexity index is 737. The SMILES string of the molecule is CN(C(=O)CNc1ccc(Cl)c([N+](=O)[O-])c1)C1CCS(=O)(=O)C1. The van der Waals surface area contributed by atoms with Gasteiger partial charge in [-0.2, -0.15) is 0 Å². The van der Waals surface area contributed by atoms with Gasteiger partial charge in [0.25, 0.3) is 5.69 Å². The molecular weight excluding hydrogens is 346 g/mol. The standard InChI is InChI=1S/C13H16ClN3O5S/c1-16(10-4-5-23(21,22)8-10)13(18)7-15-9-2-3-11(14)12(6-9)17(19)20/h2-3,6,10,15H,4-5,7-8H2,1H3. The second-order valence-corrected chi connectivity index (χ2v) is 7.97. The first-order valence-corrected chi connectivity index (χ1v) is 9.03. The Kier molecular flexibility index (Phi) is 5.10. The van der Waals surface area contributed by atoms with Crippen LogP contribution in [0.15, 0.2) is 18.2 Å². The number of nitro groups is 1. The largest absolute Gasteiger partial charge is 0.376 e. The van der Waals surface area contributed by atoms with Gasteiger partial charge in [0, 0.05) is 24.8 Å². The molecule has 1 atom stereocenters. The smallest absolute Gasteiger partial charge is 0.289 e. The first-order valence-electron chi connectivity index (χ1n) is 6.83. The van der Waals surface area contributed by atoms with Gasteiger partial charge in [0.1, 0.15) is 5.02 Å². The van der Waals surface area contributed by atoms with E-state index in [4.69, 9.17) is 11.6 Å². The van der Waals surface area contributed by atoms with Crippen molar-refractivity contribution in [2.75, 3.05) is 30.4 Å². The number of amides is 1. The minimum Gasteiger partial charge on any atom is -0.376 e. The van der Waals surface area contributed by atoms with Gasteiger partial charge in [-0.1, -0.05) is 11.6 Å². The first kappa shape index (κ1) is 17.5. The van der Waals surface area contributed by atoms with Gasteiger partial charge in [-0.15, -0.1) is 0 Å². The van der Waals surface area contributed by atoms with E-state index in [1.807, 2.05) is 0 Å². The van der Waals surface area contributed by atoms with E-state index < -0.39 is 14.8 Å². The summed E-state index contributed by atoms with van der Waals surface area (Å²) in [6, 6.07) is 3.83. The topological polar surface area (TPSA) is 110 Å². The summed E-state index contributed by atoms with van der Waals surface area (Å²) in [5.74, 6) is -0.224. The highest BCUT2D eigenvalue weighted by Crippen LogP contribution is 2.27.